The molecular formula is C17H12FN5O4. The topological polar surface area (TPSA) is 119 Å². The zero-order valence-corrected chi connectivity index (χ0v) is 13.6. The molecule has 136 valence electrons. The summed E-state index contributed by atoms with van der Waals surface area (Å²) >= 11 is 0. The van der Waals surface area contributed by atoms with Crippen molar-refractivity contribution in [1.82, 2.24) is 20.4 Å². The van der Waals surface area contributed by atoms with Gasteiger partial charge in [-0.25, -0.2) is 9.37 Å². The average molecular weight is 369 g/mol. The number of nitrogens with one attached hydrogen (secondary N) is 2. The van der Waals surface area contributed by atoms with Crippen molar-refractivity contribution in [2.24, 2.45) is 0 Å². The van der Waals surface area contributed by atoms with Gasteiger partial charge < -0.3 is 4.57 Å². The quantitative estimate of drug-likeness (QED) is 0.538. The van der Waals surface area contributed by atoms with Crippen molar-refractivity contribution in [3.63, 3.8) is 0 Å². The number of aromatic nitrogens is 2. The summed E-state index contributed by atoms with van der Waals surface area (Å²) in [6.07, 6.45) is 4.37. The van der Waals surface area contributed by atoms with Crippen LogP contribution in [0.25, 0.3) is 5.69 Å². The molecule has 1 heterocycles. The minimum atomic E-state index is -0.856. The van der Waals surface area contributed by atoms with Crippen LogP contribution in [0.1, 0.15) is 20.7 Å². The second kappa shape index (κ2) is 7.44. The van der Waals surface area contributed by atoms with Gasteiger partial charge in [0.2, 0.25) is 0 Å². The van der Waals surface area contributed by atoms with Crippen molar-refractivity contribution < 1.29 is 18.9 Å². The van der Waals surface area contributed by atoms with Gasteiger partial charge in [0.25, 0.3) is 17.5 Å². The van der Waals surface area contributed by atoms with Crippen molar-refractivity contribution in [3.8, 4) is 5.69 Å². The molecule has 27 heavy (non-hydrogen) atoms. The van der Waals surface area contributed by atoms with Gasteiger partial charge >= 0.3 is 0 Å². The molecule has 0 atom stereocenters. The number of amides is 2. The predicted molar refractivity (Wildman–Crippen MR) is 91.6 cm³/mol. The first-order valence-corrected chi connectivity index (χ1v) is 7.59. The van der Waals surface area contributed by atoms with E-state index in [-0.39, 0.29) is 22.5 Å². The van der Waals surface area contributed by atoms with Crippen molar-refractivity contribution >= 4 is 17.5 Å². The molecule has 1 aromatic heterocycles. The fraction of sp³-hybridized carbons (Fsp3) is 0. The van der Waals surface area contributed by atoms with Crippen LogP contribution in [0.2, 0.25) is 0 Å². The molecule has 0 spiro atoms. The van der Waals surface area contributed by atoms with E-state index < -0.39 is 22.6 Å². The molecule has 10 heteroatoms. The number of hydrazine groups is 1. The third-order valence-corrected chi connectivity index (χ3v) is 3.62. The van der Waals surface area contributed by atoms with Gasteiger partial charge in [-0.05, 0) is 24.3 Å². The molecule has 0 aliphatic rings. The van der Waals surface area contributed by atoms with Crippen LogP contribution in [0, 0.1) is 15.9 Å². The largest absolute Gasteiger partial charge is 0.300 e. The number of nitrogens with zero attached hydrogens (tertiary/aromatic N) is 3. The molecule has 0 saturated carbocycles. The lowest BCUT2D eigenvalue weighted by molar-refractivity contribution is -0.384. The second-order valence-electron chi connectivity index (χ2n) is 5.32. The van der Waals surface area contributed by atoms with Gasteiger partial charge in [-0.2, -0.15) is 0 Å². The molecule has 0 aliphatic carbocycles. The third kappa shape index (κ3) is 3.79. The first-order chi connectivity index (χ1) is 13.0. The summed E-state index contributed by atoms with van der Waals surface area (Å²) in [5.41, 5.74) is 3.76. The summed E-state index contributed by atoms with van der Waals surface area (Å²) in [7, 11) is 0. The van der Waals surface area contributed by atoms with Crippen molar-refractivity contribution in [2.45, 2.75) is 0 Å². The number of hydrogen-bond donors (Lipinski definition) is 2. The summed E-state index contributed by atoms with van der Waals surface area (Å²) in [5, 5.41) is 11.3. The van der Waals surface area contributed by atoms with Gasteiger partial charge in [0, 0.05) is 24.0 Å². The predicted octanol–water partition coefficient (Wildman–Crippen LogP) is 1.99. The molecule has 0 bridgehead atoms. The van der Waals surface area contributed by atoms with E-state index in [9.17, 15) is 24.1 Å². The Bertz CT molecular complexity index is 1020. The van der Waals surface area contributed by atoms with Crippen molar-refractivity contribution in [2.75, 3.05) is 0 Å². The molecular weight excluding hydrogens is 357 g/mol. The number of hydrogen-bond acceptors (Lipinski definition) is 5. The number of benzene rings is 2. The number of nitro groups is 1. The molecule has 0 radical (unpaired) electrons. The molecule has 2 amide bonds. The van der Waals surface area contributed by atoms with Gasteiger partial charge in [-0.1, -0.05) is 12.1 Å². The van der Waals surface area contributed by atoms with Crippen LogP contribution in [0.5, 0.6) is 0 Å². The highest BCUT2D eigenvalue weighted by Crippen LogP contribution is 2.24. The lowest BCUT2D eigenvalue weighted by Crippen LogP contribution is -2.42. The van der Waals surface area contributed by atoms with Crippen LogP contribution in [0.15, 0.2) is 61.2 Å². The molecule has 0 aliphatic heterocycles. The molecule has 2 aromatic carbocycles. The number of rotatable bonds is 4. The number of halogens is 1. The fourth-order valence-corrected chi connectivity index (χ4v) is 2.33. The molecule has 3 aromatic rings. The van der Waals surface area contributed by atoms with Gasteiger partial charge in [-0.15, -0.1) is 0 Å². The fourth-order valence-electron chi connectivity index (χ4n) is 2.33. The Hall–Kier alpha value is -4.08. The van der Waals surface area contributed by atoms with Crippen LogP contribution in [-0.2, 0) is 0 Å². The van der Waals surface area contributed by atoms with Gasteiger partial charge in [-0.3, -0.25) is 30.6 Å². The van der Waals surface area contributed by atoms with E-state index in [1.54, 1.807) is 0 Å². The Morgan fingerprint density at radius 2 is 1.85 bits per heavy atom. The van der Waals surface area contributed by atoms with E-state index in [1.165, 1.54) is 53.6 Å². The molecule has 9 nitrogen and oxygen atoms in total. The Morgan fingerprint density at radius 3 is 2.52 bits per heavy atom. The summed E-state index contributed by atoms with van der Waals surface area (Å²) < 4.78 is 15.0. The Labute approximate surface area is 151 Å². The number of imidazole rings is 1. The highest BCUT2D eigenvalue weighted by Gasteiger charge is 2.19. The molecule has 0 unspecified atom stereocenters. The van der Waals surface area contributed by atoms with Crippen LogP contribution in [0.3, 0.4) is 0 Å². The zero-order chi connectivity index (χ0) is 19.4. The highest BCUT2D eigenvalue weighted by atomic mass is 19.1. The minimum absolute atomic E-state index is 0.0561. The first-order valence-electron chi connectivity index (χ1n) is 7.59. The summed E-state index contributed by atoms with van der Waals surface area (Å²) in [5.74, 6) is -2.39. The van der Waals surface area contributed by atoms with E-state index >= 15 is 0 Å². The summed E-state index contributed by atoms with van der Waals surface area (Å²) in [6.45, 7) is 0. The average Bonchev–Trinajstić information content (AvgIpc) is 3.20. The monoisotopic (exact) mass is 369 g/mol. The highest BCUT2D eigenvalue weighted by molar-refractivity contribution is 5.99. The maximum atomic E-state index is 13.6. The third-order valence-electron chi connectivity index (χ3n) is 3.62. The normalized spacial score (nSPS) is 10.3. The van der Waals surface area contributed by atoms with E-state index in [4.69, 9.17) is 0 Å². The summed E-state index contributed by atoms with van der Waals surface area (Å²) in [6, 6.07) is 9.06. The van der Waals surface area contributed by atoms with E-state index in [1.807, 2.05) is 0 Å². The Morgan fingerprint density at radius 1 is 1.11 bits per heavy atom. The lowest BCUT2D eigenvalue weighted by Gasteiger charge is -2.09. The first kappa shape index (κ1) is 17.7. The summed E-state index contributed by atoms with van der Waals surface area (Å²) in [4.78, 5) is 38.6. The number of carbonyl (C=O) groups is 2. The SMILES string of the molecule is O=C(NNC(=O)c1ccccc1F)c1ccc(-n2ccnc2)c([N+](=O)[O-])c1. The van der Waals surface area contributed by atoms with E-state index in [2.05, 4.69) is 15.8 Å². The van der Waals surface area contributed by atoms with Crippen LogP contribution >= 0.6 is 0 Å². The zero-order valence-electron chi connectivity index (χ0n) is 13.6. The number of carbonyl (C=O) groups excluding carboxylic acids is 2. The van der Waals surface area contributed by atoms with Crippen LogP contribution in [-0.4, -0.2) is 26.3 Å². The van der Waals surface area contributed by atoms with Gasteiger partial charge in [0.05, 0.1) is 16.8 Å². The Kier molecular flexibility index (Phi) is 4.88. The Balaban J connectivity index is 1.77. The number of nitro benzene ring substituents is 1. The standard InChI is InChI=1S/C17H12FN5O4/c18-13-4-2-1-3-12(13)17(25)21-20-16(24)11-5-6-14(15(9-11)23(26)27)22-8-7-19-10-22/h1-10H,(H,20,24)(H,21,25). The smallest absolute Gasteiger partial charge is 0.294 e. The maximum absolute atomic E-state index is 13.6. The maximum Gasteiger partial charge on any atom is 0.294 e. The van der Waals surface area contributed by atoms with E-state index in [0.717, 1.165) is 12.1 Å². The molecule has 2 N–H and O–H groups in total. The van der Waals surface area contributed by atoms with Crippen LogP contribution < -0.4 is 10.9 Å². The van der Waals surface area contributed by atoms with Gasteiger partial charge in [0.15, 0.2) is 0 Å². The van der Waals surface area contributed by atoms with Crippen LogP contribution in [0.4, 0.5) is 10.1 Å². The molecule has 0 saturated heterocycles. The van der Waals surface area contributed by atoms with Crippen molar-refractivity contribution in [3.05, 3.63) is 88.2 Å². The second-order valence-corrected chi connectivity index (χ2v) is 5.32. The van der Waals surface area contributed by atoms with Gasteiger partial charge in [0.1, 0.15) is 11.5 Å². The molecule has 0 fully saturated rings. The van der Waals surface area contributed by atoms with E-state index in [0.29, 0.717) is 0 Å². The lowest BCUT2D eigenvalue weighted by atomic mass is 10.1. The minimum Gasteiger partial charge on any atom is -0.300 e. The molecule has 3 rings (SSSR count). The van der Waals surface area contributed by atoms with Crippen molar-refractivity contribution in [1.29, 1.82) is 0 Å².